The summed E-state index contributed by atoms with van der Waals surface area (Å²) in [5.74, 6) is -0.455. The Bertz CT molecular complexity index is 1040. The van der Waals surface area contributed by atoms with Gasteiger partial charge in [0.2, 0.25) is 0 Å². The molecule has 2 aromatic rings. The maximum Gasteiger partial charge on any atom is 0.410 e. The summed E-state index contributed by atoms with van der Waals surface area (Å²) in [6.07, 6.45) is -0.592. The van der Waals surface area contributed by atoms with E-state index in [-0.39, 0.29) is 6.04 Å². The van der Waals surface area contributed by atoms with Gasteiger partial charge in [-0.05, 0) is 78.1 Å². The number of amides is 1. The van der Waals surface area contributed by atoms with Crippen LogP contribution in [0.5, 0.6) is 0 Å². The molecule has 0 radical (unpaired) electrons. The fourth-order valence-electron chi connectivity index (χ4n) is 3.60. The molecule has 10 heteroatoms. The van der Waals surface area contributed by atoms with Crippen LogP contribution >= 0.6 is 31.9 Å². The number of hydrogen-bond acceptors (Lipinski definition) is 5. The third-order valence-corrected chi connectivity index (χ3v) is 6.31. The molecule has 1 aromatic heterocycles. The number of benzene rings is 1. The number of carbonyl (C=O) groups excluding carboxylic acids is 2. The summed E-state index contributed by atoms with van der Waals surface area (Å²) in [4.78, 5) is 30.6. The van der Waals surface area contributed by atoms with Crippen LogP contribution in [0, 0.1) is 6.57 Å². The highest BCUT2D eigenvalue weighted by molar-refractivity contribution is 9.11. The second-order valence-electron chi connectivity index (χ2n) is 8.55. The van der Waals surface area contributed by atoms with E-state index in [2.05, 4.69) is 41.8 Å². The van der Waals surface area contributed by atoms with Crippen molar-refractivity contribution in [1.82, 2.24) is 14.7 Å². The minimum atomic E-state index is -0.670. The molecule has 1 aliphatic rings. The normalized spacial score (nSPS) is 19.3. The van der Waals surface area contributed by atoms with Crippen molar-refractivity contribution in [3.8, 4) is 0 Å². The van der Waals surface area contributed by atoms with Gasteiger partial charge in [-0.1, -0.05) is 18.2 Å². The van der Waals surface area contributed by atoms with Gasteiger partial charge in [-0.2, -0.15) is 5.10 Å². The molecule has 1 aliphatic heterocycles. The summed E-state index contributed by atoms with van der Waals surface area (Å²) in [5, 5.41) is 4.42. The minimum absolute atomic E-state index is 0.230. The van der Waals surface area contributed by atoms with E-state index in [0.717, 1.165) is 0 Å². The van der Waals surface area contributed by atoms with Crippen LogP contribution in [0.25, 0.3) is 4.85 Å². The highest BCUT2D eigenvalue weighted by Gasteiger charge is 2.43. The molecule has 1 unspecified atom stereocenters. The molecule has 0 spiro atoms. The molecule has 0 aliphatic carbocycles. The summed E-state index contributed by atoms with van der Waals surface area (Å²) in [6, 6.07) is 8.07. The highest BCUT2D eigenvalue weighted by Crippen LogP contribution is 2.39. The Kier molecular flexibility index (Phi) is 7.30. The topological polar surface area (TPSA) is 78.0 Å². The third kappa shape index (κ3) is 5.33. The first-order valence-electron chi connectivity index (χ1n) is 10.1. The lowest BCUT2D eigenvalue weighted by Crippen LogP contribution is -2.45. The average Bonchev–Trinajstić information content (AvgIpc) is 3.28. The molecule has 32 heavy (non-hydrogen) atoms. The summed E-state index contributed by atoms with van der Waals surface area (Å²) in [5.41, 5.74) is 0.134. The smallest absolute Gasteiger partial charge is 0.410 e. The minimum Gasteiger partial charge on any atom is -0.457 e. The van der Waals surface area contributed by atoms with Crippen molar-refractivity contribution in [2.75, 3.05) is 6.54 Å². The zero-order valence-electron chi connectivity index (χ0n) is 18.2. The standard InChI is InChI=1S/C22H24Br2N4O4/c1-13(31-20(29)14-9-7-6-8-10-14)16-11-15(12-27(16)21(30)32-22(2,3)4)28-19(24)17(25-5)18(23)26-28/h6-10,13,15-16H,11-12H2,1-4H3/t13?,15-,16+/m0/s1. The molecule has 0 bridgehead atoms. The van der Waals surface area contributed by atoms with Gasteiger partial charge in [0.1, 0.15) is 20.9 Å². The van der Waals surface area contributed by atoms with Gasteiger partial charge in [0.25, 0.3) is 5.69 Å². The van der Waals surface area contributed by atoms with Gasteiger partial charge in [-0.25, -0.2) is 14.4 Å². The zero-order chi connectivity index (χ0) is 23.6. The van der Waals surface area contributed by atoms with Crippen molar-refractivity contribution in [2.45, 2.75) is 57.9 Å². The Morgan fingerprint density at radius 3 is 2.47 bits per heavy atom. The predicted molar refractivity (Wildman–Crippen MR) is 126 cm³/mol. The molecule has 1 fully saturated rings. The van der Waals surface area contributed by atoms with Crippen molar-refractivity contribution < 1.29 is 19.1 Å². The number of likely N-dealkylation sites (tertiary alicyclic amines) is 1. The molecule has 2 heterocycles. The monoisotopic (exact) mass is 566 g/mol. The third-order valence-electron chi connectivity index (χ3n) is 5.04. The Labute approximate surface area is 203 Å². The fraction of sp³-hybridized carbons (Fsp3) is 0.455. The SMILES string of the molecule is [C-]#[N+]c1c(Br)nn([C@H]2C[C@H](C(C)OC(=O)c3ccccc3)N(C(=O)OC(C)(C)C)C2)c1Br. The lowest BCUT2D eigenvalue weighted by atomic mass is 10.1. The predicted octanol–water partition coefficient (Wildman–Crippen LogP) is 5.75. The van der Waals surface area contributed by atoms with E-state index >= 15 is 0 Å². The van der Waals surface area contributed by atoms with E-state index in [1.54, 1.807) is 61.5 Å². The van der Waals surface area contributed by atoms with Crippen LogP contribution in [0.3, 0.4) is 0 Å². The van der Waals surface area contributed by atoms with Gasteiger partial charge in [0.05, 0.1) is 24.2 Å². The summed E-state index contributed by atoms with van der Waals surface area (Å²) >= 11 is 6.75. The first kappa shape index (κ1) is 24.3. The molecule has 0 N–H and O–H groups in total. The number of esters is 1. The summed E-state index contributed by atoms with van der Waals surface area (Å²) in [7, 11) is 0. The zero-order valence-corrected chi connectivity index (χ0v) is 21.4. The maximum absolute atomic E-state index is 13.0. The van der Waals surface area contributed by atoms with Crippen molar-refractivity contribution in [3.05, 3.63) is 56.5 Å². The van der Waals surface area contributed by atoms with Gasteiger partial charge >= 0.3 is 12.1 Å². The first-order chi connectivity index (χ1) is 15.0. The van der Waals surface area contributed by atoms with E-state index in [9.17, 15) is 9.59 Å². The molecule has 1 amide bonds. The van der Waals surface area contributed by atoms with Gasteiger partial charge in [0, 0.05) is 6.54 Å². The molecular formula is C22H24Br2N4O4. The maximum atomic E-state index is 13.0. The number of halogens is 2. The molecule has 170 valence electrons. The first-order valence-corrected chi connectivity index (χ1v) is 11.7. The molecule has 8 nitrogen and oxygen atoms in total. The quantitative estimate of drug-likeness (QED) is 0.347. The van der Waals surface area contributed by atoms with Crippen LogP contribution < -0.4 is 0 Å². The van der Waals surface area contributed by atoms with E-state index in [1.165, 1.54) is 0 Å². The van der Waals surface area contributed by atoms with Crippen LogP contribution in [0.15, 0.2) is 39.5 Å². The van der Waals surface area contributed by atoms with Crippen molar-refractivity contribution in [2.24, 2.45) is 0 Å². The molecule has 1 saturated heterocycles. The average molecular weight is 568 g/mol. The van der Waals surface area contributed by atoms with Gasteiger partial charge in [-0.3, -0.25) is 9.58 Å². The van der Waals surface area contributed by atoms with E-state index in [4.69, 9.17) is 16.0 Å². The number of hydrogen-bond donors (Lipinski definition) is 0. The second kappa shape index (κ2) is 9.63. The summed E-state index contributed by atoms with van der Waals surface area (Å²) < 4.78 is 13.9. The second-order valence-corrected chi connectivity index (χ2v) is 10.1. The van der Waals surface area contributed by atoms with E-state index in [0.29, 0.717) is 33.4 Å². The van der Waals surface area contributed by atoms with E-state index in [1.807, 2.05) is 6.07 Å². The number of aromatic nitrogens is 2. The van der Waals surface area contributed by atoms with Crippen LogP contribution in [-0.4, -0.2) is 51.0 Å². The van der Waals surface area contributed by atoms with Crippen molar-refractivity contribution >= 4 is 49.6 Å². The van der Waals surface area contributed by atoms with Gasteiger partial charge in [-0.15, -0.1) is 0 Å². The van der Waals surface area contributed by atoms with Crippen molar-refractivity contribution in [1.29, 1.82) is 0 Å². The van der Waals surface area contributed by atoms with Crippen LogP contribution in [0.4, 0.5) is 10.5 Å². The number of ether oxygens (including phenoxy) is 2. The van der Waals surface area contributed by atoms with Crippen LogP contribution in [0.2, 0.25) is 0 Å². The highest BCUT2D eigenvalue weighted by atomic mass is 79.9. The fourth-order valence-corrected chi connectivity index (χ4v) is 4.96. The van der Waals surface area contributed by atoms with Crippen molar-refractivity contribution in [3.63, 3.8) is 0 Å². The Morgan fingerprint density at radius 1 is 1.25 bits per heavy atom. The molecule has 0 saturated carbocycles. The number of carbonyl (C=O) groups is 2. The van der Waals surface area contributed by atoms with Gasteiger partial charge < -0.3 is 9.47 Å². The van der Waals surface area contributed by atoms with E-state index < -0.39 is 29.8 Å². The summed E-state index contributed by atoms with van der Waals surface area (Å²) in [6.45, 7) is 14.8. The van der Waals surface area contributed by atoms with Crippen LogP contribution in [-0.2, 0) is 9.47 Å². The number of rotatable bonds is 4. The Morgan fingerprint density at radius 2 is 1.91 bits per heavy atom. The number of nitrogens with zero attached hydrogens (tertiary/aromatic N) is 4. The van der Waals surface area contributed by atoms with Crippen LogP contribution in [0.1, 0.15) is 50.5 Å². The Balaban J connectivity index is 1.86. The molecule has 3 atom stereocenters. The lowest BCUT2D eigenvalue weighted by Gasteiger charge is -2.31. The van der Waals surface area contributed by atoms with Gasteiger partial charge in [0.15, 0.2) is 0 Å². The molecule has 1 aromatic carbocycles. The Hall–Kier alpha value is -2.38. The largest absolute Gasteiger partial charge is 0.457 e. The lowest BCUT2D eigenvalue weighted by molar-refractivity contribution is -0.00662. The molecule has 3 rings (SSSR count). The molecular weight excluding hydrogens is 544 g/mol.